The van der Waals surface area contributed by atoms with Crippen molar-refractivity contribution in [1.29, 1.82) is 0 Å². The van der Waals surface area contributed by atoms with E-state index in [-0.39, 0.29) is 17.3 Å². The van der Waals surface area contributed by atoms with Gasteiger partial charge in [0.2, 0.25) is 0 Å². The standard InChI is InChI=1S/C21H23F3N6O2/c1-12-11-30-18(10-17(28-30)20(31)29-3-5-32-6-4-29)19(26-12)27-13(2)14-7-15(21(22,23)24)9-16(25)8-14/h7-11,13H,3-6,25H2,1-2H3,(H,26,27)/t13-/m1/s1. The van der Waals surface area contributed by atoms with Gasteiger partial charge in [-0.2, -0.15) is 18.3 Å². The summed E-state index contributed by atoms with van der Waals surface area (Å²) in [6, 6.07) is 4.54. The number of nitrogens with zero attached hydrogens (tertiary/aromatic N) is 4. The molecule has 2 aromatic heterocycles. The van der Waals surface area contributed by atoms with Crippen LogP contribution >= 0.6 is 0 Å². The van der Waals surface area contributed by atoms with Crippen LogP contribution in [0.1, 0.15) is 40.3 Å². The molecule has 11 heteroatoms. The molecule has 1 aromatic carbocycles. The minimum Gasteiger partial charge on any atom is -0.399 e. The van der Waals surface area contributed by atoms with Crippen LogP contribution in [0.15, 0.2) is 30.5 Å². The van der Waals surface area contributed by atoms with E-state index in [0.717, 1.165) is 12.1 Å². The number of rotatable bonds is 4. The number of halogens is 3. The number of nitrogens with two attached hydrogens (primary N) is 1. The van der Waals surface area contributed by atoms with Gasteiger partial charge >= 0.3 is 6.18 Å². The van der Waals surface area contributed by atoms with Gasteiger partial charge in [-0.1, -0.05) is 0 Å². The number of nitrogens with one attached hydrogen (secondary N) is 1. The summed E-state index contributed by atoms with van der Waals surface area (Å²) in [6.45, 7) is 5.41. The van der Waals surface area contributed by atoms with Gasteiger partial charge in [0.05, 0.1) is 36.7 Å². The summed E-state index contributed by atoms with van der Waals surface area (Å²) < 4.78 is 46.4. The Hall–Kier alpha value is -3.34. The molecule has 3 aromatic rings. The molecule has 3 N–H and O–H groups in total. The number of hydrogen-bond acceptors (Lipinski definition) is 6. The van der Waals surface area contributed by atoms with E-state index in [2.05, 4.69) is 15.4 Å². The zero-order valence-corrected chi connectivity index (χ0v) is 17.6. The fourth-order valence-electron chi connectivity index (χ4n) is 3.63. The fourth-order valence-corrected chi connectivity index (χ4v) is 3.63. The maximum atomic E-state index is 13.2. The van der Waals surface area contributed by atoms with Gasteiger partial charge in [0.1, 0.15) is 5.52 Å². The van der Waals surface area contributed by atoms with E-state index in [0.29, 0.717) is 48.9 Å². The molecular weight excluding hydrogens is 425 g/mol. The number of morpholine rings is 1. The molecule has 0 bridgehead atoms. The van der Waals surface area contributed by atoms with Gasteiger partial charge in [-0.05, 0) is 37.6 Å². The first-order valence-corrected chi connectivity index (χ1v) is 10.1. The van der Waals surface area contributed by atoms with Crippen molar-refractivity contribution in [3.05, 3.63) is 53.0 Å². The second-order valence-electron chi connectivity index (χ2n) is 7.75. The Morgan fingerprint density at radius 2 is 1.94 bits per heavy atom. The third kappa shape index (κ3) is 4.47. The molecule has 1 amide bonds. The van der Waals surface area contributed by atoms with E-state index in [4.69, 9.17) is 10.5 Å². The van der Waals surface area contributed by atoms with E-state index in [9.17, 15) is 18.0 Å². The van der Waals surface area contributed by atoms with E-state index in [1.807, 2.05) is 0 Å². The number of hydrogen-bond donors (Lipinski definition) is 2. The zero-order valence-electron chi connectivity index (χ0n) is 17.6. The molecule has 0 saturated carbocycles. The highest BCUT2D eigenvalue weighted by molar-refractivity contribution is 5.94. The number of amides is 1. The number of carbonyl (C=O) groups is 1. The van der Waals surface area contributed by atoms with E-state index in [1.165, 1.54) is 6.07 Å². The second kappa shape index (κ2) is 8.30. The normalized spacial score (nSPS) is 15.7. The average molecular weight is 448 g/mol. The quantitative estimate of drug-likeness (QED) is 0.595. The number of ether oxygens (including phenoxy) is 1. The van der Waals surface area contributed by atoms with Gasteiger partial charge in [0.15, 0.2) is 11.5 Å². The Balaban J connectivity index is 1.65. The van der Waals surface area contributed by atoms with Crippen molar-refractivity contribution < 1.29 is 22.7 Å². The van der Waals surface area contributed by atoms with Gasteiger partial charge in [-0.15, -0.1) is 0 Å². The van der Waals surface area contributed by atoms with Crippen molar-refractivity contribution in [2.75, 3.05) is 37.4 Å². The number of anilines is 2. The Bertz CT molecular complexity index is 1150. The lowest BCUT2D eigenvalue weighted by Gasteiger charge is -2.25. The van der Waals surface area contributed by atoms with E-state index < -0.39 is 17.8 Å². The van der Waals surface area contributed by atoms with Crippen LogP contribution in [0.2, 0.25) is 0 Å². The predicted octanol–water partition coefficient (Wildman–Crippen LogP) is 3.28. The van der Waals surface area contributed by atoms with Crippen molar-refractivity contribution in [2.45, 2.75) is 26.1 Å². The van der Waals surface area contributed by atoms with Gasteiger partial charge in [-0.25, -0.2) is 9.50 Å². The number of aryl methyl sites for hydroxylation is 1. The first-order chi connectivity index (χ1) is 15.1. The summed E-state index contributed by atoms with van der Waals surface area (Å²) in [6.07, 6.45) is -2.82. The molecular formula is C21H23F3N6O2. The fraction of sp³-hybridized carbons (Fsp3) is 0.381. The molecule has 1 fully saturated rings. The van der Waals surface area contributed by atoms with Crippen molar-refractivity contribution in [3.8, 4) is 0 Å². The molecule has 8 nitrogen and oxygen atoms in total. The van der Waals surface area contributed by atoms with Gasteiger partial charge in [0.25, 0.3) is 5.91 Å². The molecule has 1 aliphatic heterocycles. The Morgan fingerprint density at radius 3 is 2.62 bits per heavy atom. The largest absolute Gasteiger partial charge is 0.416 e. The van der Waals surface area contributed by atoms with Crippen molar-refractivity contribution in [1.82, 2.24) is 19.5 Å². The maximum absolute atomic E-state index is 13.2. The predicted molar refractivity (Wildman–Crippen MR) is 112 cm³/mol. The SMILES string of the molecule is Cc1cn2nc(C(=O)N3CCOCC3)cc2c(N[C@H](C)c2cc(N)cc(C(F)(F)F)c2)n1. The van der Waals surface area contributed by atoms with E-state index in [1.54, 1.807) is 35.5 Å². The van der Waals surface area contributed by atoms with Crippen molar-refractivity contribution >= 4 is 22.9 Å². The highest BCUT2D eigenvalue weighted by Crippen LogP contribution is 2.33. The summed E-state index contributed by atoms with van der Waals surface area (Å²) in [5, 5.41) is 7.53. The number of alkyl halides is 3. The molecule has 3 heterocycles. The molecule has 0 aliphatic carbocycles. The van der Waals surface area contributed by atoms with Crippen LogP contribution in [0.25, 0.3) is 5.52 Å². The summed E-state index contributed by atoms with van der Waals surface area (Å²) in [5.41, 5.74) is 6.70. The van der Waals surface area contributed by atoms with Crippen LogP contribution in [0, 0.1) is 6.92 Å². The smallest absolute Gasteiger partial charge is 0.399 e. The van der Waals surface area contributed by atoms with Crippen LogP contribution in [0.4, 0.5) is 24.7 Å². The maximum Gasteiger partial charge on any atom is 0.416 e. The zero-order chi connectivity index (χ0) is 23.0. The summed E-state index contributed by atoms with van der Waals surface area (Å²) in [7, 11) is 0. The molecule has 1 aliphatic rings. The van der Waals surface area contributed by atoms with Crippen LogP contribution in [0.3, 0.4) is 0 Å². The first-order valence-electron chi connectivity index (χ1n) is 10.1. The Kier molecular flexibility index (Phi) is 5.68. The van der Waals surface area contributed by atoms with Crippen LogP contribution < -0.4 is 11.1 Å². The monoisotopic (exact) mass is 448 g/mol. The lowest BCUT2D eigenvalue weighted by molar-refractivity contribution is -0.137. The molecule has 0 spiro atoms. The molecule has 0 unspecified atom stereocenters. The van der Waals surface area contributed by atoms with Crippen molar-refractivity contribution in [2.24, 2.45) is 0 Å². The molecule has 1 atom stereocenters. The lowest BCUT2D eigenvalue weighted by Crippen LogP contribution is -2.40. The average Bonchev–Trinajstić information content (AvgIpc) is 3.17. The number of nitrogen functional groups attached to an aromatic ring is 1. The highest BCUT2D eigenvalue weighted by atomic mass is 19.4. The number of benzene rings is 1. The van der Waals surface area contributed by atoms with Gasteiger partial charge in [0, 0.05) is 24.8 Å². The van der Waals surface area contributed by atoms with Crippen LogP contribution in [0.5, 0.6) is 0 Å². The first kappa shape index (κ1) is 21.9. The molecule has 4 rings (SSSR count). The summed E-state index contributed by atoms with van der Waals surface area (Å²) in [5.74, 6) is 0.196. The minimum absolute atomic E-state index is 0.0218. The summed E-state index contributed by atoms with van der Waals surface area (Å²) in [4.78, 5) is 19.0. The third-order valence-electron chi connectivity index (χ3n) is 5.25. The second-order valence-corrected chi connectivity index (χ2v) is 7.75. The van der Waals surface area contributed by atoms with Crippen molar-refractivity contribution in [3.63, 3.8) is 0 Å². The topological polar surface area (TPSA) is 97.8 Å². The minimum atomic E-state index is -4.50. The van der Waals surface area contributed by atoms with Gasteiger partial charge < -0.3 is 20.7 Å². The molecule has 32 heavy (non-hydrogen) atoms. The summed E-state index contributed by atoms with van der Waals surface area (Å²) >= 11 is 0. The lowest BCUT2D eigenvalue weighted by atomic mass is 10.0. The molecule has 1 saturated heterocycles. The highest BCUT2D eigenvalue weighted by Gasteiger charge is 2.31. The molecule has 170 valence electrons. The number of aromatic nitrogens is 3. The van der Waals surface area contributed by atoms with Gasteiger partial charge in [-0.3, -0.25) is 4.79 Å². The number of fused-ring (bicyclic) bond motifs is 1. The third-order valence-corrected chi connectivity index (χ3v) is 5.25. The Labute approximate surface area is 182 Å². The Morgan fingerprint density at radius 1 is 1.22 bits per heavy atom. The number of carbonyl (C=O) groups excluding carboxylic acids is 1. The van der Waals surface area contributed by atoms with E-state index >= 15 is 0 Å². The van der Waals surface area contributed by atoms with Crippen LogP contribution in [-0.2, 0) is 10.9 Å². The molecule has 0 radical (unpaired) electrons. The van der Waals surface area contributed by atoms with Crippen LogP contribution in [-0.4, -0.2) is 51.7 Å².